The van der Waals surface area contributed by atoms with Crippen LogP contribution in [0.3, 0.4) is 0 Å². The van der Waals surface area contributed by atoms with Crippen LogP contribution >= 0.6 is 0 Å². The van der Waals surface area contributed by atoms with Gasteiger partial charge in [0.15, 0.2) is 0 Å². The molecule has 0 aliphatic carbocycles. The molecule has 4 heteroatoms. The summed E-state index contributed by atoms with van der Waals surface area (Å²) >= 11 is 0. The second-order valence-corrected chi connectivity index (χ2v) is 5.23. The third-order valence-corrected chi connectivity index (χ3v) is 3.43. The summed E-state index contributed by atoms with van der Waals surface area (Å²) in [6.45, 7) is 8.85. The molecule has 0 unspecified atom stereocenters. The number of halogens is 1. The predicted octanol–water partition coefficient (Wildman–Crippen LogP) is 4.28. The van der Waals surface area contributed by atoms with Gasteiger partial charge in [0, 0.05) is 24.1 Å². The van der Waals surface area contributed by atoms with Crippen LogP contribution in [0.25, 0.3) is 11.3 Å². The molecule has 1 aromatic carbocycles. The molecule has 112 valence electrons. The first-order chi connectivity index (χ1) is 10.1. The van der Waals surface area contributed by atoms with Crippen LogP contribution in [0.5, 0.6) is 0 Å². The molecule has 0 bridgehead atoms. The van der Waals surface area contributed by atoms with Crippen molar-refractivity contribution in [3.05, 3.63) is 41.0 Å². The van der Waals surface area contributed by atoms with Crippen molar-refractivity contribution in [2.24, 2.45) is 0 Å². The second kappa shape index (κ2) is 6.66. The Kier molecular flexibility index (Phi) is 4.89. The first-order valence-electron chi connectivity index (χ1n) is 7.44. The van der Waals surface area contributed by atoms with Crippen LogP contribution in [-0.4, -0.2) is 16.5 Å². The lowest BCUT2D eigenvalue weighted by molar-refractivity contribution is 0.630. The number of hydrogen-bond donors (Lipinski definition) is 1. The molecule has 0 aliphatic rings. The molecule has 0 atom stereocenters. The standard InChI is InChI=1S/C17H22FN3/c1-5-9-19-17-12(4)16(20-15(6-2)21-17)13-10-11(3)7-8-14(13)18/h7-8,10H,5-6,9H2,1-4H3,(H,19,20,21). The molecule has 3 nitrogen and oxygen atoms in total. The first-order valence-corrected chi connectivity index (χ1v) is 7.44. The topological polar surface area (TPSA) is 37.8 Å². The van der Waals surface area contributed by atoms with E-state index in [1.807, 2.05) is 26.8 Å². The highest BCUT2D eigenvalue weighted by atomic mass is 19.1. The Balaban J connectivity index is 2.58. The number of aryl methyl sites for hydroxylation is 2. The highest BCUT2D eigenvalue weighted by Gasteiger charge is 2.15. The van der Waals surface area contributed by atoms with Crippen molar-refractivity contribution in [1.82, 2.24) is 9.97 Å². The maximum absolute atomic E-state index is 14.2. The van der Waals surface area contributed by atoms with Gasteiger partial charge in [-0.1, -0.05) is 25.5 Å². The van der Waals surface area contributed by atoms with Gasteiger partial charge in [-0.2, -0.15) is 0 Å². The highest BCUT2D eigenvalue weighted by molar-refractivity contribution is 5.69. The zero-order valence-electron chi connectivity index (χ0n) is 13.1. The molecular weight excluding hydrogens is 265 g/mol. The van der Waals surface area contributed by atoms with Gasteiger partial charge in [-0.3, -0.25) is 0 Å². The fourth-order valence-corrected chi connectivity index (χ4v) is 2.22. The molecule has 1 heterocycles. The van der Waals surface area contributed by atoms with Crippen molar-refractivity contribution < 1.29 is 4.39 Å². The summed E-state index contributed by atoms with van der Waals surface area (Å²) in [5, 5.41) is 3.31. The van der Waals surface area contributed by atoms with Gasteiger partial charge in [0.25, 0.3) is 0 Å². The van der Waals surface area contributed by atoms with Crippen LogP contribution < -0.4 is 5.32 Å². The van der Waals surface area contributed by atoms with Gasteiger partial charge in [0.1, 0.15) is 17.5 Å². The Labute approximate surface area is 125 Å². The van der Waals surface area contributed by atoms with E-state index in [9.17, 15) is 4.39 Å². The smallest absolute Gasteiger partial charge is 0.133 e. The monoisotopic (exact) mass is 287 g/mol. The molecule has 0 amide bonds. The van der Waals surface area contributed by atoms with Crippen molar-refractivity contribution in [3.8, 4) is 11.3 Å². The minimum absolute atomic E-state index is 0.245. The summed E-state index contributed by atoms with van der Waals surface area (Å²) in [5.74, 6) is 1.29. The minimum atomic E-state index is -0.245. The number of anilines is 1. The molecule has 2 aromatic rings. The molecule has 21 heavy (non-hydrogen) atoms. The Morgan fingerprint density at radius 1 is 1.14 bits per heavy atom. The molecule has 1 aromatic heterocycles. The summed E-state index contributed by atoms with van der Waals surface area (Å²) in [7, 11) is 0. The van der Waals surface area contributed by atoms with Gasteiger partial charge in [-0.05, 0) is 32.4 Å². The van der Waals surface area contributed by atoms with Crippen LogP contribution in [0.2, 0.25) is 0 Å². The average Bonchev–Trinajstić information content (AvgIpc) is 2.49. The zero-order valence-corrected chi connectivity index (χ0v) is 13.1. The highest BCUT2D eigenvalue weighted by Crippen LogP contribution is 2.28. The van der Waals surface area contributed by atoms with Gasteiger partial charge in [-0.25, -0.2) is 14.4 Å². The number of hydrogen-bond acceptors (Lipinski definition) is 3. The SMILES string of the molecule is CCCNc1nc(CC)nc(-c2cc(C)ccc2F)c1C. The number of nitrogens with one attached hydrogen (secondary N) is 1. The van der Waals surface area contributed by atoms with E-state index in [0.29, 0.717) is 11.3 Å². The third kappa shape index (κ3) is 3.38. The molecule has 0 aliphatic heterocycles. The van der Waals surface area contributed by atoms with E-state index in [1.54, 1.807) is 6.07 Å². The van der Waals surface area contributed by atoms with Crippen molar-refractivity contribution in [1.29, 1.82) is 0 Å². The number of aromatic nitrogens is 2. The molecule has 0 radical (unpaired) electrons. The molecule has 0 spiro atoms. The van der Waals surface area contributed by atoms with Gasteiger partial charge in [0.2, 0.25) is 0 Å². The van der Waals surface area contributed by atoms with Crippen LogP contribution in [0.4, 0.5) is 10.2 Å². The molecule has 0 saturated heterocycles. The molecule has 1 N–H and O–H groups in total. The molecular formula is C17H22FN3. The van der Waals surface area contributed by atoms with E-state index >= 15 is 0 Å². The van der Waals surface area contributed by atoms with Gasteiger partial charge in [0.05, 0.1) is 5.69 Å². The van der Waals surface area contributed by atoms with Crippen LogP contribution in [0.1, 0.15) is 37.2 Å². The second-order valence-electron chi connectivity index (χ2n) is 5.23. The summed E-state index contributed by atoms with van der Waals surface area (Å²) in [5.41, 5.74) is 3.14. The Morgan fingerprint density at radius 3 is 2.57 bits per heavy atom. The van der Waals surface area contributed by atoms with Crippen LogP contribution in [0, 0.1) is 19.7 Å². The Hall–Kier alpha value is -1.97. The lowest BCUT2D eigenvalue weighted by Gasteiger charge is -2.14. The normalized spacial score (nSPS) is 10.7. The molecule has 0 fully saturated rings. The fourth-order valence-electron chi connectivity index (χ4n) is 2.22. The van der Waals surface area contributed by atoms with Crippen molar-refractivity contribution in [2.75, 3.05) is 11.9 Å². The fraction of sp³-hybridized carbons (Fsp3) is 0.412. The van der Waals surface area contributed by atoms with Crippen LogP contribution in [0.15, 0.2) is 18.2 Å². The average molecular weight is 287 g/mol. The largest absolute Gasteiger partial charge is 0.370 e. The number of nitrogens with zero attached hydrogens (tertiary/aromatic N) is 2. The van der Waals surface area contributed by atoms with Crippen molar-refractivity contribution in [2.45, 2.75) is 40.5 Å². The van der Waals surface area contributed by atoms with Crippen molar-refractivity contribution >= 4 is 5.82 Å². The van der Waals surface area contributed by atoms with E-state index in [2.05, 4.69) is 22.2 Å². The van der Waals surface area contributed by atoms with E-state index in [4.69, 9.17) is 0 Å². The minimum Gasteiger partial charge on any atom is -0.370 e. The molecule has 0 saturated carbocycles. The van der Waals surface area contributed by atoms with E-state index in [0.717, 1.165) is 42.2 Å². The Bertz CT molecular complexity index is 638. The summed E-state index contributed by atoms with van der Waals surface area (Å²) in [6.07, 6.45) is 1.74. The van der Waals surface area contributed by atoms with E-state index < -0.39 is 0 Å². The van der Waals surface area contributed by atoms with E-state index in [-0.39, 0.29) is 5.82 Å². The van der Waals surface area contributed by atoms with Gasteiger partial charge < -0.3 is 5.32 Å². The maximum atomic E-state index is 14.2. The van der Waals surface area contributed by atoms with Crippen molar-refractivity contribution in [3.63, 3.8) is 0 Å². The number of rotatable bonds is 5. The summed E-state index contributed by atoms with van der Waals surface area (Å²) < 4.78 is 14.2. The number of benzene rings is 1. The quantitative estimate of drug-likeness (QED) is 0.891. The first kappa shape index (κ1) is 15.4. The third-order valence-electron chi connectivity index (χ3n) is 3.43. The van der Waals surface area contributed by atoms with Gasteiger partial charge >= 0.3 is 0 Å². The lowest BCUT2D eigenvalue weighted by Crippen LogP contribution is -2.09. The Morgan fingerprint density at radius 2 is 1.90 bits per heavy atom. The summed E-state index contributed by atoms with van der Waals surface area (Å²) in [4.78, 5) is 9.06. The molecule has 2 rings (SSSR count). The summed E-state index contributed by atoms with van der Waals surface area (Å²) in [6, 6.07) is 5.11. The van der Waals surface area contributed by atoms with E-state index in [1.165, 1.54) is 6.07 Å². The predicted molar refractivity (Wildman–Crippen MR) is 85.1 cm³/mol. The zero-order chi connectivity index (χ0) is 15.4. The van der Waals surface area contributed by atoms with Crippen LogP contribution in [-0.2, 0) is 6.42 Å². The van der Waals surface area contributed by atoms with Gasteiger partial charge in [-0.15, -0.1) is 0 Å². The maximum Gasteiger partial charge on any atom is 0.133 e. The lowest BCUT2D eigenvalue weighted by atomic mass is 10.0.